The second-order valence-electron chi connectivity index (χ2n) is 5.63. The van der Waals surface area contributed by atoms with Gasteiger partial charge in [-0.05, 0) is 37.6 Å². The zero-order chi connectivity index (χ0) is 18.8. The van der Waals surface area contributed by atoms with Crippen molar-refractivity contribution in [1.29, 1.82) is 0 Å². The highest BCUT2D eigenvalue weighted by molar-refractivity contribution is 7.18. The summed E-state index contributed by atoms with van der Waals surface area (Å²) in [5, 5.41) is 0.863. The molecule has 26 heavy (non-hydrogen) atoms. The average Bonchev–Trinajstić information content (AvgIpc) is 2.93. The average molecular weight is 373 g/mol. The van der Waals surface area contributed by atoms with E-state index in [9.17, 15) is 4.79 Å². The molecule has 0 saturated carbocycles. The fourth-order valence-corrected chi connectivity index (χ4v) is 3.62. The van der Waals surface area contributed by atoms with Crippen LogP contribution in [0.15, 0.2) is 18.2 Å². The third-order valence-corrected chi connectivity index (χ3v) is 5.16. The molecule has 2 aromatic heterocycles. The summed E-state index contributed by atoms with van der Waals surface area (Å²) in [6.07, 6.45) is 0. The van der Waals surface area contributed by atoms with E-state index in [4.69, 9.17) is 19.9 Å². The highest BCUT2D eigenvalue weighted by Gasteiger charge is 2.15. The van der Waals surface area contributed by atoms with Gasteiger partial charge in [-0.25, -0.2) is 14.8 Å². The molecule has 8 heteroatoms. The van der Waals surface area contributed by atoms with Gasteiger partial charge in [0.1, 0.15) is 10.6 Å². The van der Waals surface area contributed by atoms with Crippen LogP contribution in [0.5, 0.6) is 11.5 Å². The molecule has 0 aliphatic rings. The minimum atomic E-state index is -0.508. The third-order valence-electron chi connectivity index (χ3n) is 4.05. The molecule has 0 atom stereocenters. The number of hydrogen-bond acceptors (Lipinski definition) is 8. The number of benzene rings is 1. The van der Waals surface area contributed by atoms with Gasteiger partial charge in [0, 0.05) is 4.88 Å². The molecule has 0 saturated heterocycles. The highest BCUT2D eigenvalue weighted by Crippen LogP contribution is 2.32. The molecule has 0 spiro atoms. The first-order chi connectivity index (χ1) is 12.4. The first-order valence-corrected chi connectivity index (χ1v) is 8.67. The molecule has 0 aliphatic carbocycles. The van der Waals surface area contributed by atoms with E-state index in [2.05, 4.69) is 9.97 Å². The summed E-state index contributed by atoms with van der Waals surface area (Å²) < 4.78 is 15.7. The van der Waals surface area contributed by atoms with Crippen molar-refractivity contribution >= 4 is 33.3 Å². The summed E-state index contributed by atoms with van der Waals surface area (Å²) in [5.74, 6) is 1.24. The van der Waals surface area contributed by atoms with Crippen molar-refractivity contribution in [3.05, 3.63) is 40.0 Å². The second-order valence-corrected chi connectivity index (χ2v) is 6.84. The number of fused-ring (bicyclic) bond motifs is 1. The van der Waals surface area contributed by atoms with Crippen LogP contribution in [0, 0.1) is 13.8 Å². The molecular formula is C18H19N3O4S. The highest BCUT2D eigenvalue weighted by atomic mass is 32.1. The Morgan fingerprint density at radius 2 is 1.88 bits per heavy atom. The van der Waals surface area contributed by atoms with Crippen LogP contribution >= 0.6 is 11.3 Å². The summed E-state index contributed by atoms with van der Waals surface area (Å²) in [7, 11) is 3.03. The van der Waals surface area contributed by atoms with Crippen LogP contribution < -0.4 is 15.2 Å². The van der Waals surface area contributed by atoms with E-state index >= 15 is 0 Å². The molecule has 0 unspecified atom stereocenters. The van der Waals surface area contributed by atoms with Gasteiger partial charge in [0.2, 0.25) is 0 Å². The summed E-state index contributed by atoms with van der Waals surface area (Å²) >= 11 is 1.54. The Hall–Kier alpha value is -2.87. The van der Waals surface area contributed by atoms with Gasteiger partial charge < -0.3 is 19.9 Å². The van der Waals surface area contributed by atoms with Crippen molar-refractivity contribution in [2.75, 3.05) is 20.0 Å². The lowest BCUT2D eigenvalue weighted by Gasteiger charge is -2.09. The molecule has 2 heterocycles. The van der Waals surface area contributed by atoms with Gasteiger partial charge in [-0.15, -0.1) is 11.3 Å². The van der Waals surface area contributed by atoms with Gasteiger partial charge in [0.25, 0.3) is 0 Å². The number of ether oxygens (including phenoxy) is 3. The fraction of sp³-hybridized carbons (Fsp3) is 0.278. The minimum absolute atomic E-state index is 0.0662. The number of rotatable bonds is 5. The number of thiophene rings is 1. The molecule has 7 nitrogen and oxygen atoms in total. The quantitative estimate of drug-likeness (QED) is 0.686. The van der Waals surface area contributed by atoms with E-state index < -0.39 is 5.97 Å². The van der Waals surface area contributed by atoms with Crippen molar-refractivity contribution in [3.63, 3.8) is 0 Å². The van der Waals surface area contributed by atoms with Gasteiger partial charge in [0.05, 0.1) is 25.2 Å². The number of nitrogens with two attached hydrogens (primary N) is 1. The van der Waals surface area contributed by atoms with E-state index in [1.165, 1.54) is 14.2 Å². The van der Waals surface area contributed by atoms with Crippen molar-refractivity contribution in [2.45, 2.75) is 20.5 Å². The van der Waals surface area contributed by atoms with E-state index in [-0.39, 0.29) is 6.61 Å². The van der Waals surface area contributed by atoms with Crippen LogP contribution in [0.1, 0.15) is 26.6 Å². The normalized spacial score (nSPS) is 10.8. The van der Waals surface area contributed by atoms with Gasteiger partial charge in [-0.2, -0.15) is 0 Å². The van der Waals surface area contributed by atoms with Crippen LogP contribution in [-0.4, -0.2) is 30.2 Å². The van der Waals surface area contributed by atoms with E-state index in [1.807, 2.05) is 13.8 Å². The molecular weight excluding hydrogens is 354 g/mol. The van der Waals surface area contributed by atoms with Crippen molar-refractivity contribution in [3.8, 4) is 11.5 Å². The molecule has 1 aromatic carbocycles. The predicted octanol–water partition coefficient (Wildman–Crippen LogP) is 3.26. The number of anilines is 1. The van der Waals surface area contributed by atoms with Crippen molar-refractivity contribution in [2.24, 2.45) is 0 Å². The zero-order valence-electron chi connectivity index (χ0n) is 15.0. The van der Waals surface area contributed by atoms with E-state index in [0.29, 0.717) is 28.7 Å². The van der Waals surface area contributed by atoms with Gasteiger partial charge in [0.15, 0.2) is 23.9 Å². The van der Waals surface area contributed by atoms with Crippen LogP contribution in [0.3, 0.4) is 0 Å². The summed E-state index contributed by atoms with van der Waals surface area (Å²) in [6.45, 7) is 3.94. The van der Waals surface area contributed by atoms with Crippen LogP contribution in [0.2, 0.25) is 0 Å². The Balaban J connectivity index is 1.78. The van der Waals surface area contributed by atoms with Crippen LogP contribution in [0.25, 0.3) is 10.2 Å². The first kappa shape index (κ1) is 17.9. The molecule has 2 N–H and O–H groups in total. The number of nitrogens with zero attached hydrogens (tertiary/aromatic N) is 2. The standard InChI is InChI=1S/C18H19N3O4S/c1-9-10(2)26-17-15(9)16(19)20-14(21-17)8-25-18(22)11-5-6-12(23-3)13(7-11)24-4/h5-7H,8H2,1-4H3,(H2,19,20,21). The molecule has 0 aliphatic heterocycles. The van der Waals surface area contributed by atoms with Crippen LogP contribution in [-0.2, 0) is 11.3 Å². The number of hydrogen-bond donors (Lipinski definition) is 1. The molecule has 0 bridgehead atoms. The summed E-state index contributed by atoms with van der Waals surface area (Å²) in [6, 6.07) is 4.81. The number of carbonyl (C=O) groups excluding carboxylic acids is 1. The summed E-state index contributed by atoms with van der Waals surface area (Å²) in [5.41, 5.74) is 7.47. The molecule has 0 fully saturated rings. The Morgan fingerprint density at radius 1 is 1.15 bits per heavy atom. The Labute approximate surface area is 154 Å². The van der Waals surface area contributed by atoms with E-state index in [0.717, 1.165) is 20.7 Å². The number of carbonyl (C=O) groups is 1. The maximum atomic E-state index is 12.3. The lowest BCUT2D eigenvalue weighted by Crippen LogP contribution is -2.09. The number of aromatic nitrogens is 2. The Kier molecular flexibility index (Phi) is 4.94. The van der Waals surface area contributed by atoms with Crippen molar-refractivity contribution < 1.29 is 19.0 Å². The molecule has 0 amide bonds. The third kappa shape index (κ3) is 3.28. The van der Waals surface area contributed by atoms with Gasteiger partial charge >= 0.3 is 5.97 Å². The number of esters is 1. The van der Waals surface area contributed by atoms with Crippen molar-refractivity contribution in [1.82, 2.24) is 9.97 Å². The largest absolute Gasteiger partial charge is 0.493 e. The SMILES string of the molecule is COc1ccc(C(=O)OCc2nc(N)c3c(C)c(C)sc3n2)cc1OC. The number of aryl methyl sites for hydroxylation is 2. The monoisotopic (exact) mass is 373 g/mol. The van der Waals surface area contributed by atoms with E-state index in [1.54, 1.807) is 29.5 Å². The fourth-order valence-electron chi connectivity index (χ4n) is 2.57. The molecule has 3 rings (SSSR count). The lowest BCUT2D eigenvalue weighted by molar-refractivity contribution is 0.0462. The first-order valence-electron chi connectivity index (χ1n) is 7.85. The maximum Gasteiger partial charge on any atom is 0.338 e. The Bertz CT molecular complexity index is 984. The van der Waals surface area contributed by atoms with Gasteiger partial charge in [-0.3, -0.25) is 0 Å². The maximum absolute atomic E-state index is 12.3. The Morgan fingerprint density at radius 3 is 2.58 bits per heavy atom. The minimum Gasteiger partial charge on any atom is -0.493 e. The zero-order valence-corrected chi connectivity index (χ0v) is 15.8. The summed E-state index contributed by atoms with van der Waals surface area (Å²) in [4.78, 5) is 22.9. The predicted molar refractivity (Wildman–Crippen MR) is 100.0 cm³/mol. The van der Waals surface area contributed by atoms with Gasteiger partial charge in [-0.1, -0.05) is 0 Å². The molecule has 136 valence electrons. The lowest BCUT2D eigenvalue weighted by atomic mass is 10.2. The molecule has 0 radical (unpaired) electrons. The van der Waals surface area contributed by atoms with Crippen LogP contribution in [0.4, 0.5) is 5.82 Å². The number of methoxy groups -OCH3 is 2. The second kappa shape index (κ2) is 7.17. The smallest absolute Gasteiger partial charge is 0.338 e. The topological polar surface area (TPSA) is 96.6 Å². The number of nitrogen functional groups attached to an aromatic ring is 1. The molecule has 3 aromatic rings.